The first-order chi connectivity index (χ1) is 6.38. The zero-order valence-corrected chi connectivity index (χ0v) is 8.44. The summed E-state index contributed by atoms with van der Waals surface area (Å²) < 4.78 is 0. The summed E-state index contributed by atoms with van der Waals surface area (Å²) in [6.07, 6.45) is 5.57. The maximum atomic E-state index is 5.53. The molecule has 1 aromatic heterocycles. The van der Waals surface area contributed by atoms with Crippen LogP contribution in [0.2, 0.25) is 0 Å². The van der Waals surface area contributed by atoms with Crippen molar-refractivity contribution in [2.45, 2.75) is 31.8 Å². The van der Waals surface area contributed by atoms with Crippen LogP contribution < -0.4 is 11.1 Å². The van der Waals surface area contributed by atoms with Crippen molar-refractivity contribution in [3.63, 3.8) is 0 Å². The number of nitrogens with two attached hydrogens (primary N) is 1. The zero-order chi connectivity index (χ0) is 9.10. The summed E-state index contributed by atoms with van der Waals surface area (Å²) in [5.74, 6) is 0. The van der Waals surface area contributed by atoms with Crippen molar-refractivity contribution in [1.82, 2.24) is 10.3 Å². The highest BCUT2D eigenvalue weighted by Gasteiger charge is 2.15. The van der Waals surface area contributed by atoms with Crippen LogP contribution in [0.1, 0.15) is 22.7 Å². The van der Waals surface area contributed by atoms with E-state index in [1.54, 1.807) is 11.3 Å². The van der Waals surface area contributed by atoms with Crippen molar-refractivity contribution in [2.75, 3.05) is 6.54 Å². The second-order valence-corrected chi connectivity index (χ2v) is 4.62. The first kappa shape index (κ1) is 9.12. The highest BCUT2D eigenvalue weighted by atomic mass is 32.1. The maximum Gasteiger partial charge on any atom is 0.0943 e. The van der Waals surface area contributed by atoms with Gasteiger partial charge in [-0.1, -0.05) is 0 Å². The lowest BCUT2D eigenvalue weighted by atomic mass is 10.2. The van der Waals surface area contributed by atoms with E-state index in [-0.39, 0.29) is 0 Å². The molecule has 0 radical (unpaired) electrons. The van der Waals surface area contributed by atoms with Gasteiger partial charge in [-0.05, 0) is 19.4 Å². The van der Waals surface area contributed by atoms with Gasteiger partial charge in [0.05, 0.1) is 5.01 Å². The quantitative estimate of drug-likeness (QED) is 0.757. The van der Waals surface area contributed by atoms with E-state index in [0.29, 0.717) is 12.6 Å². The number of rotatable bonds is 3. The van der Waals surface area contributed by atoms with Crippen molar-refractivity contribution < 1.29 is 0 Å². The van der Waals surface area contributed by atoms with Crippen molar-refractivity contribution >= 4 is 11.3 Å². The second-order valence-electron chi connectivity index (χ2n) is 3.42. The van der Waals surface area contributed by atoms with Crippen LogP contribution in [-0.2, 0) is 13.0 Å². The molecule has 1 aliphatic rings. The average Bonchev–Trinajstić information content (AvgIpc) is 2.76. The summed E-state index contributed by atoms with van der Waals surface area (Å²) in [7, 11) is 0. The number of nitrogens with one attached hydrogen (secondary N) is 1. The Balaban J connectivity index is 1.92. The number of aromatic nitrogens is 1. The Morgan fingerprint density at radius 3 is 3.23 bits per heavy atom. The van der Waals surface area contributed by atoms with Crippen LogP contribution in [0.4, 0.5) is 0 Å². The maximum absolute atomic E-state index is 5.53. The first-order valence-corrected chi connectivity index (χ1v) is 5.57. The fraction of sp³-hybridized carbons (Fsp3) is 0.667. The van der Waals surface area contributed by atoms with Crippen LogP contribution in [-0.4, -0.2) is 17.6 Å². The molecule has 1 unspecified atom stereocenters. The van der Waals surface area contributed by atoms with Gasteiger partial charge in [-0.15, -0.1) is 11.3 Å². The number of nitrogens with zero attached hydrogens (tertiary/aromatic N) is 1. The molecule has 1 saturated heterocycles. The molecule has 72 valence electrons. The first-order valence-electron chi connectivity index (χ1n) is 4.75. The monoisotopic (exact) mass is 197 g/mol. The zero-order valence-electron chi connectivity index (χ0n) is 7.62. The van der Waals surface area contributed by atoms with E-state index in [1.807, 2.05) is 6.20 Å². The Kier molecular flexibility index (Phi) is 2.93. The van der Waals surface area contributed by atoms with E-state index in [1.165, 1.54) is 29.3 Å². The summed E-state index contributed by atoms with van der Waals surface area (Å²) >= 11 is 1.74. The van der Waals surface area contributed by atoms with Gasteiger partial charge in [0, 0.05) is 30.1 Å². The highest BCUT2D eigenvalue weighted by molar-refractivity contribution is 7.11. The molecule has 0 aromatic carbocycles. The van der Waals surface area contributed by atoms with E-state index in [9.17, 15) is 0 Å². The van der Waals surface area contributed by atoms with Crippen molar-refractivity contribution in [2.24, 2.45) is 5.73 Å². The number of hydrogen-bond donors (Lipinski definition) is 2. The van der Waals surface area contributed by atoms with Gasteiger partial charge in [0.15, 0.2) is 0 Å². The molecule has 13 heavy (non-hydrogen) atoms. The summed E-state index contributed by atoms with van der Waals surface area (Å²) in [5.41, 5.74) is 5.53. The normalized spacial score (nSPS) is 22.4. The van der Waals surface area contributed by atoms with Gasteiger partial charge in [0.1, 0.15) is 0 Å². The SMILES string of the molecule is NCc1cnc(CC2CCCN2)s1. The highest BCUT2D eigenvalue weighted by Crippen LogP contribution is 2.17. The summed E-state index contributed by atoms with van der Waals surface area (Å²) in [6, 6.07) is 0.650. The lowest BCUT2D eigenvalue weighted by Gasteiger charge is -2.05. The molecule has 0 aliphatic carbocycles. The van der Waals surface area contributed by atoms with Gasteiger partial charge in [0.2, 0.25) is 0 Å². The van der Waals surface area contributed by atoms with E-state index < -0.39 is 0 Å². The van der Waals surface area contributed by atoms with E-state index in [0.717, 1.165) is 6.42 Å². The van der Waals surface area contributed by atoms with Crippen molar-refractivity contribution in [3.05, 3.63) is 16.1 Å². The largest absolute Gasteiger partial charge is 0.326 e. The molecule has 0 saturated carbocycles. The molecule has 2 heterocycles. The Hall–Kier alpha value is -0.450. The fourth-order valence-electron chi connectivity index (χ4n) is 1.68. The number of thiazole rings is 1. The van der Waals surface area contributed by atoms with E-state index >= 15 is 0 Å². The van der Waals surface area contributed by atoms with E-state index in [4.69, 9.17) is 5.73 Å². The Morgan fingerprint density at radius 1 is 1.69 bits per heavy atom. The lowest BCUT2D eigenvalue weighted by Crippen LogP contribution is -2.23. The molecule has 1 atom stereocenters. The Bertz CT molecular complexity index is 266. The smallest absolute Gasteiger partial charge is 0.0943 e. The molecule has 3 N–H and O–H groups in total. The standard InChI is InChI=1S/C9H15N3S/c10-5-8-6-12-9(13-8)4-7-2-1-3-11-7/h6-7,11H,1-5,10H2. The third-order valence-electron chi connectivity index (χ3n) is 2.39. The van der Waals surface area contributed by atoms with Crippen LogP contribution in [0.25, 0.3) is 0 Å². The van der Waals surface area contributed by atoms with Gasteiger partial charge < -0.3 is 11.1 Å². The number of hydrogen-bond acceptors (Lipinski definition) is 4. The third-order valence-corrected chi connectivity index (χ3v) is 3.43. The minimum atomic E-state index is 0.621. The minimum absolute atomic E-state index is 0.621. The molecule has 0 bridgehead atoms. The molecule has 1 aliphatic heterocycles. The predicted octanol–water partition coefficient (Wildman–Crippen LogP) is 0.896. The molecular weight excluding hydrogens is 182 g/mol. The molecule has 3 nitrogen and oxygen atoms in total. The molecule has 2 rings (SSSR count). The predicted molar refractivity (Wildman–Crippen MR) is 54.7 cm³/mol. The molecule has 0 amide bonds. The van der Waals surface area contributed by atoms with Crippen LogP contribution in [0.15, 0.2) is 6.20 Å². The van der Waals surface area contributed by atoms with Gasteiger partial charge in [-0.3, -0.25) is 0 Å². The van der Waals surface area contributed by atoms with Crippen LogP contribution in [0, 0.1) is 0 Å². The molecular formula is C9H15N3S. The van der Waals surface area contributed by atoms with Crippen molar-refractivity contribution in [3.8, 4) is 0 Å². The van der Waals surface area contributed by atoms with Crippen LogP contribution in [0.3, 0.4) is 0 Å². The van der Waals surface area contributed by atoms with E-state index in [2.05, 4.69) is 10.3 Å². The lowest BCUT2D eigenvalue weighted by molar-refractivity contribution is 0.601. The van der Waals surface area contributed by atoms with Crippen LogP contribution in [0.5, 0.6) is 0 Å². The van der Waals surface area contributed by atoms with Gasteiger partial charge in [0.25, 0.3) is 0 Å². The Labute approximate surface area is 82.4 Å². The van der Waals surface area contributed by atoms with Crippen molar-refractivity contribution in [1.29, 1.82) is 0 Å². The fourth-order valence-corrected chi connectivity index (χ4v) is 2.56. The second kappa shape index (κ2) is 4.17. The molecule has 0 spiro atoms. The summed E-state index contributed by atoms with van der Waals surface area (Å²) in [4.78, 5) is 5.54. The van der Waals surface area contributed by atoms with Gasteiger partial charge in [-0.2, -0.15) is 0 Å². The average molecular weight is 197 g/mol. The molecule has 1 fully saturated rings. The minimum Gasteiger partial charge on any atom is -0.326 e. The summed E-state index contributed by atoms with van der Waals surface area (Å²) in [5, 5.41) is 4.69. The molecule has 4 heteroatoms. The Morgan fingerprint density at radius 2 is 2.62 bits per heavy atom. The van der Waals surface area contributed by atoms with Gasteiger partial charge in [-0.25, -0.2) is 4.98 Å². The van der Waals surface area contributed by atoms with Crippen LogP contribution >= 0.6 is 11.3 Å². The van der Waals surface area contributed by atoms with Gasteiger partial charge >= 0.3 is 0 Å². The summed E-state index contributed by atoms with van der Waals surface area (Å²) in [6.45, 7) is 1.79. The molecule has 1 aromatic rings. The topological polar surface area (TPSA) is 50.9 Å². The third kappa shape index (κ3) is 2.27.